The molecule has 2 aromatic carbocycles. The molecule has 0 saturated heterocycles. The lowest BCUT2D eigenvalue weighted by Crippen LogP contribution is -2.12. The largest absolute Gasteiger partial charge is 0.465 e. The Bertz CT molecular complexity index is 638. The van der Waals surface area contributed by atoms with E-state index in [0.717, 1.165) is 11.4 Å². The second-order valence-electron chi connectivity index (χ2n) is 4.66. The lowest BCUT2D eigenvalue weighted by Gasteiger charge is -2.21. The van der Waals surface area contributed by atoms with Crippen LogP contribution in [0.25, 0.3) is 0 Å². The van der Waals surface area contributed by atoms with Crippen molar-refractivity contribution >= 4 is 23.0 Å². The van der Waals surface area contributed by atoms with Crippen molar-refractivity contribution in [2.45, 2.75) is 6.92 Å². The number of nitrogens with two attached hydrogens (primary N) is 1. The fourth-order valence-corrected chi connectivity index (χ4v) is 2.03. The molecule has 4 heteroatoms. The van der Waals surface area contributed by atoms with Gasteiger partial charge in [-0.2, -0.15) is 0 Å². The summed E-state index contributed by atoms with van der Waals surface area (Å²) in [6.45, 7) is 2.04. The van der Waals surface area contributed by atoms with Crippen molar-refractivity contribution in [1.29, 1.82) is 0 Å². The molecule has 2 rings (SSSR count). The average Bonchev–Trinajstić information content (AvgIpc) is 2.46. The van der Waals surface area contributed by atoms with Crippen LogP contribution < -0.4 is 10.6 Å². The fourth-order valence-electron chi connectivity index (χ4n) is 2.03. The first kappa shape index (κ1) is 13.9. The van der Waals surface area contributed by atoms with Crippen LogP contribution in [0.15, 0.2) is 42.5 Å². The van der Waals surface area contributed by atoms with Crippen LogP contribution in [0.3, 0.4) is 0 Å². The van der Waals surface area contributed by atoms with Crippen LogP contribution in [-0.2, 0) is 4.74 Å². The maximum Gasteiger partial charge on any atom is 0.340 e. The molecular formula is C16H18N2O2. The number of anilines is 3. The number of benzene rings is 2. The summed E-state index contributed by atoms with van der Waals surface area (Å²) in [5.74, 6) is -0.429. The summed E-state index contributed by atoms with van der Waals surface area (Å²) < 4.78 is 4.74. The molecule has 0 bridgehead atoms. The smallest absolute Gasteiger partial charge is 0.340 e. The van der Waals surface area contributed by atoms with E-state index in [-0.39, 0.29) is 0 Å². The molecule has 0 saturated carbocycles. The van der Waals surface area contributed by atoms with Crippen LogP contribution in [0, 0.1) is 6.92 Å². The van der Waals surface area contributed by atoms with E-state index in [2.05, 4.69) is 6.07 Å². The molecule has 0 aliphatic rings. The van der Waals surface area contributed by atoms with E-state index in [1.54, 1.807) is 12.1 Å². The summed E-state index contributed by atoms with van der Waals surface area (Å²) in [6.07, 6.45) is 0. The standard InChI is InChI=1S/C16H18N2O2/c1-11-5-4-6-12(9-11)18(2)13-7-8-15(17)14(10-13)16(19)20-3/h4-10H,17H2,1-3H3. The Labute approximate surface area is 118 Å². The van der Waals surface area contributed by atoms with Crippen molar-refractivity contribution in [2.24, 2.45) is 0 Å². The Kier molecular flexibility index (Phi) is 3.94. The maximum absolute atomic E-state index is 11.7. The van der Waals surface area contributed by atoms with E-state index < -0.39 is 5.97 Å². The van der Waals surface area contributed by atoms with Gasteiger partial charge in [0, 0.05) is 24.1 Å². The number of carbonyl (C=O) groups excluding carboxylic acids is 1. The normalized spacial score (nSPS) is 10.2. The molecule has 0 heterocycles. The van der Waals surface area contributed by atoms with E-state index in [1.165, 1.54) is 12.7 Å². The molecule has 0 aliphatic carbocycles. The number of hydrogen-bond acceptors (Lipinski definition) is 4. The molecular weight excluding hydrogens is 252 g/mol. The highest BCUT2D eigenvalue weighted by Gasteiger charge is 2.13. The molecule has 0 aliphatic heterocycles. The minimum absolute atomic E-state index is 0.379. The van der Waals surface area contributed by atoms with Gasteiger partial charge < -0.3 is 15.4 Å². The van der Waals surface area contributed by atoms with Gasteiger partial charge in [0.25, 0.3) is 0 Å². The minimum Gasteiger partial charge on any atom is -0.465 e. The molecule has 0 amide bonds. The Balaban J connectivity index is 2.40. The number of methoxy groups -OCH3 is 1. The molecule has 20 heavy (non-hydrogen) atoms. The number of rotatable bonds is 3. The first-order chi connectivity index (χ1) is 9.52. The molecule has 0 atom stereocenters. The third-order valence-corrected chi connectivity index (χ3v) is 3.22. The van der Waals surface area contributed by atoms with Gasteiger partial charge >= 0.3 is 5.97 Å². The first-order valence-corrected chi connectivity index (χ1v) is 6.31. The fraction of sp³-hybridized carbons (Fsp3) is 0.188. The number of nitrogens with zero attached hydrogens (tertiary/aromatic N) is 1. The van der Waals surface area contributed by atoms with E-state index in [4.69, 9.17) is 10.5 Å². The summed E-state index contributed by atoms with van der Waals surface area (Å²) in [5, 5.41) is 0. The molecule has 0 unspecified atom stereocenters. The van der Waals surface area contributed by atoms with Crippen LogP contribution in [0.5, 0.6) is 0 Å². The van der Waals surface area contributed by atoms with Crippen LogP contribution >= 0.6 is 0 Å². The van der Waals surface area contributed by atoms with Gasteiger partial charge in [0.2, 0.25) is 0 Å². The van der Waals surface area contributed by atoms with E-state index in [9.17, 15) is 4.79 Å². The van der Waals surface area contributed by atoms with Gasteiger partial charge in [-0.3, -0.25) is 0 Å². The molecule has 0 radical (unpaired) electrons. The molecule has 4 nitrogen and oxygen atoms in total. The highest BCUT2D eigenvalue weighted by Crippen LogP contribution is 2.27. The van der Waals surface area contributed by atoms with Crippen molar-refractivity contribution in [3.05, 3.63) is 53.6 Å². The molecule has 0 spiro atoms. The Hall–Kier alpha value is -2.49. The average molecular weight is 270 g/mol. The monoisotopic (exact) mass is 270 g/mol. The number of nitrogen functional groups attached to an aromatic ring is 1. The second kappa shape index (κ2) is 5.65. The van der Waals surface area contributed by atoms with E-state index in [0.29, 0.717) is 11.3 Å². The zero-order chi connectivity index (χ0) is 14.7. The number of ether oxygens (including phenoxy) is 1. The number of carbonyl (C=O) groups is 1. The second-order valence-corrected chi connectivity index (χ2v) is 4.66. The molecule has 0 aromatic heterocycles. The van der Waals surface area contributed by atoms with Gasteiger partial charge in [0.15, 0.2) is 0 Å². The molecule has 2 aromatic rings. The quantitative estimate of drug-likeness (QED) is 0.687. The van der Waals surface area contributed by atoms with Gasteiger partial charge in [0.1, 0.15) is 0 Å². The van der Waals surface area contributed by atoms with Crippen molar-refractivity contribution < 1.29 is 9.53 Å². The predicted octanol–water partition coefficient (Wildman–Crippen LogP) is 3.13. The third kappa shape index (κ3) is 2.74. The zero-order valence-electron chi connectivity index (χ0n) is 11.9. The maximum atomic E-state index is 11.7. The van der Waals surface area contributed by atoms with E-state index >= 15 is 0 Å². The van der Waals surface area contributed by atoms with Crippen LogP contribution in [0.1, 0.15) is 15.9 Å². The summed E-state index contributed by atoms with van der Waals surface area (Å²) in [4.78, 5) is 13.7. The van der Waals surface area contributed by atoms with Crippen LogP contribution in [0.4, 0.5) is 17.1 Å². The van der Waals surface area contributed by atoms with Crippen molar-refractivity contribution in [1.82, 2.24) is 0 Å². The molecule has 0 fully saturated rings. The van der Waals surface area contributed by atoms with Crippen molar-refractivity contribution in [3.8, 4) is 0 Å². The molecule has 104 valence electrons. The summed E-state index contributed by atoms with van der Waals surface area (Å²) in [7, 11) is 3.29. The van der Waals surface area contributed by atoms with Gasteiger partial charge in [-0.25, -0.2) is 4.79 Å². The summed E-state index contributed by atoms with van der Waals surface area (Å²) in [5.41, 5.74) is 9.71. The highest BCUT2D eigenvalue weighted by atomic mass is 16.5. The third-order valence-electron chi connectivity index (χ3n) is 3.22. The Morgan fingerprint density at radius 1 is 1.15 bits per heavy atom. The van der Waals surface area contributed by atoms with Gasteiger partial charge in [0.05, 0.1) is 12.7 Å². The Morgan fingerprint density at radius 3 is 2.50 bits per heavy atom. The van der Waals surface area contributed by atoms with Gasteiger partial charge in [-0.1, -0.05) is 12.1 Å². The van der Waals surface area contributed by atoms with Crippen molar-refractivity contribution in [3.63, 3.8) is 0 Å². The SMILES string of the molecule is COC(=O)c1cc(N(C)c2cccc(C)c2)ccc1N. The lowest BCUT2D eigenvalue weighted by molar-refractivity contribution is 0.0602. The summed E-state index contributed by atoms with van der Waals surface area (Å²) >= 11 is 0. The Morgan fingerprint density at radius 2 is 1.85 bits per heavy atom. The number of esters is 1. The van der Waals surface area contributed by atoms with Gasteiger partial charge in [-0.15, -0.1) is 0 Å². The van der Waals surface area contributed by atoms with Crippen LogP contribution in [0.2, 0.25) is 0 Å². The zero-order valence-corrected chi connectivity index (χ0v) is 11.9. The first-order valence-electron chi connectivity index (χ1n) is 6.31. The molecule has 2 N–H and O–H groups in total. The minimum atomic E-state index is -0.429. The van der Waals surface area contributed by atoms with Crippen LogP contribution in [-0.4, -0.2) is 20.1 Å². The van der Waals surface area contributed by atoms with Gasteiger partial charge in [-0.05, 0) is 42.8 Å². The van der Waals surface area contributed by atoms with Crippen molar-refractivity contribution in [2.75, 3.05) is 24.8 Å². The number of aryl methyl sites for hydroxylation is 1. The number of hydrogen-bond donors (Lipinski definition) is 1. The lowest BCUT2D eigenvalue weighted by atomic mass is 10.1. The van der Waals surface area contributed by atoms with E-state index in [1.807, 2.05) is 43.1 Å². The topological polar surface area (TPSA) is 55.6 Å². The predicted molar refractivity (Wildman–Crippen MR) is 81.4 cm³/mol. The highest BCUT2D eigenvalue weighted by molar-refractivity contribution is 5.96. The summed E-state index contributed by atoms with van der Waals surface area (Å²) in [6, 6.07) is 13.5.